The Labute approximate surface area is 117 Å². The maximum Gasteiger partial charge on any atom is 0.222 e. The highest BCUT2D eigenvalue weighted by molar-refractivity contribution is 5.54. The van der Waals surface area contributed by atoms with Gasteiger partial charge in [0.1, 0.15) is 0 Å². The van der Waals surface area contributed by atoms with Crippen LogP contribution in [0.4, 0.5) is 5.95 Å². The molecule has 2 rings (SSSR count). The highest BCUT2D eigenvalue weighted by Gasteiger charge is 2.13. The molecule has 0 radical (unpaired) electrons. The van der Waals surface area contributed by atoms with E-state index in [2.05, 4.69) is 15.3 Å². The van der Waals surface area contributed by atoms with Gasteiger partial charge in [-0.15, -0.1) is 0 Å². The minimum Gasteiger partial charge on any atom is -0.493 e. The molecule has 0 saturated heterocycles. The lowest BCUT2D eigenvalue weighted by molar-refractivity contribution is 0.324. The van der Waals surface area contributed by atoms with E-state index in [1.54, 1.807) is 39.8 Å². The van der Waals surface area contributed by atoms with Crippen LogP contribution < -0.4 is 19.5 Å². The summed E-state index contributed by atoms with van der Waals surface area (Å²) in [4.78, 5) is 8.21. The third-order valence-electron chi connectivity index (χ3n) is 2.74. The van der Waals surface area contributed by atoms with E-state index in [1.807, 2.05) is 12.1 Å². The van der Waals surface area contributed by atoms with Crippen molar-refractivity contribution in [3.8, 4) is 17.2 Å². The number of nitrogens with zero attached hydrogens (tertiary/aromatic N) is 2. The van der Waals surface area contributed by atoms with Gasteiger partial charge in [-0.1, -0.05) is 0 Å². The molecule has 20 heavy (non-hydrogen) atoms. The summed E-state index contributed by atoms with van der Waals surface area (Å²) >= 11 is 0. The van der Waals surface area contributed by atoms with Crippen molar-refractivity contribution in [2.75, 3.05) is 26.6 Å². The molecular weight excluding hydrogens is 258 g/mol. The summed E-state index contributed by atoms with van der Waals surface area (Å²) in [5.74, 6) is 2.39. The molecule has 0 aliphatic heterocycles. The highest BCUT2D eigenvalue weighted by Crippen LogP contribution is 2.38. The van der Waals surface area contributed by atoms with Gasteiger partial charge in [0.05, 0.1) is 21.3 Å². The summed E-state index contributed by atoms with van der Waals surface area (Å²) < 4.78 is 15.9. The fourth-order valence-electron chi connectivity index (χ4n) is 1.81. The van der Waals surface area contributed by atoms with Crippen LogP contribution in [-0.2, 0) is 6.54 Å². The third kappa shape index (κ3) is 3.09. The molecule has 0 fully saturated rings. The first-order valence-electron chi connectivity index (χ1n) is 6.08. The van der Waals surface area contributed by atoms with Crippen molar-refractivity contribution >= 4 is 5.95 Å². The van der Waals surface area contributed by atoms with Crippen LogP contribution in [0.5, 0.6) is 17.2 Å². The highest BCUT2D eigenvalue weighted by atomic mass is 16.5. The van der Waals surface area contributed by atoms with Gasteiger partial charge in [0.2, 0.25) is 11.7 Å². The van der Waals surface area contributed by atoms with Gasteiger partial charge in [0.25, 0.3) is 0 Å². The number of nitrogens with one attached hydrogen (secondary N) is 1. The van der Waals surface area contributed by atoms with Gasteiger partial charge in [-0.3, -0.25) is 0 Å². The summed E-state index contributed by atoms with van der Waals surface area (Å²) in [5, 5.41) is 3.13. The molecule has 0 aliphatic rings. The van der Waals surface area contributed by atoms with Gasteiger partial charge in [0, 0.05) is 18.9 Å². The van der Waals surface area contributed by atoms with Gasteiger partial charge < -0.3 is 19.5 Å². The van der Waals surface area contributed by atoms with E-state index in [1.165, 1.54) is 0 Å². The Hall–Kier alpha value is -2.50. The third-order valence-corrected chi connectivity index (χ3v) is 2.74. The molecule has 6 nitrogen and oxygen atoms in total. The number of benzene rings is 1. The standard InChI is InChI=1S/C14H17N3O3/c1-18-11-7-10(8-12(19-2)13(11)20-3)9-17-14-15-5-4-6-16-14/h4-8H,9H2,1-3H3,(H,15,16,17). The topological polar surface area (TPSA) is 65.5 Å². The molecule has 1 aromatic carbocycles. The Morgan fingerprint density at radius 2 is 1.55 bits per heavy atom. The molecule has 0 aliphatic carbocycles. The SMILES string of the molecule is COc1cc(CNc2ncccn2)cc(OC)c1OC. The number of rotatable bonds is 6. The minimum atomic E-state index is 0.556. The maximum absolute atomic E-state index is 5.31. The molecule has 1 aromatic heterocycles. The predicted octanol–water partition coefficient (Wildman–Crippen LogP) is 2.11. The second-order valence-corrected chi connectivity index (χ2v) is 3.96. The molecule has 106 valence electrons. The van der Waals surface area contributed by atoms with Crippen LogP contribution in [0.3, 0.4) is 0 Å². The quantitative estimate of drug-likeness (QED) is 0.871. The van der Waals surface area contributed by atoms with Gasteiger partial charge in [-0.05, 0) is 23.8 Å². The number of hydrogen-bond donors (Lipinski definition) is 1. The Morgan fingerprint density at radius 3 is 2.05 bits per heavy atom. The number of aromatic nitrogens is 2. The molecule has 6 heteroatoms. The molecule has 0 saturated carbocycles. The summed E-state index contributed by atoms with van der Waals surface area (Å²) in [5.41, 5.74) is 0.979. The molecule has 0 bridgehead atoms. The fourth-order valence-corrected chi connectivity index (χ4v) is 1.81. The Bertz CT molecular complexity index is 536. The average molecular weight is 275 g/mol. The summed E-state index contributed by atoms with van der Waals surface area (Å²) in [6.45, 7) is 0.556. The Balaban J connectivity index is 2.19. The van der Waals surface area contributed by atoms with E-state index < -0.39 is 0 Å². The van der Waals surface area contributed by atoms with Gasteiger partial charge in [-0.2, -0.15) is 0 Å². The van der Waals surface area contributed by atoms with E-state index >= 15 is 0 Å². The van der Waals surface area contributed by atoms with E-state index in [9.17, 15) is 0 Å². The second-order valence-electron chi connectivity index (χ2n) is 3.96. The first-order valence-corrected chi connectivity index (χ1v) is 6.08. The normalized spacial score (nSPS) is 9.95. The van der Waals surface area contributed by atoms with Crippen molar-refractivity contribution in [3.63, 3.8) is 0 Å². The van der Waals surface area contributed by atoms with Crippen LogP contribution in [0.2, 0.25) is 0 Å². The minimum absolute atomic E-state index is 0.556. The van der Waals surface area contributed by atoms with Crippen molar-refractivity contribution in [2.45, 2.75) is 6.54 Å². The average Bonchev–Trinajstić information content (AvgIpc) is 2.52. The number of methoxy groups -OCH3 is 3. The van der Waals surface area contributed by atoms with Crippen molar-refractivity contribution in [1.29, 1.82) is 0 Å². The van der Waals surface area contributed by atoms with Crippen molar-refractivity contribution in [1.82, 2.24) is 9.97 Å². The summed E-state index contributed by atoms with van der Waals surface area (Å²) in [7, 11) is 4.76. The summed E-state index contributed by atoms with van der Waals surface area (Å²) in [6, 6.07) is 5.54. The lowest BCUT2D eigenvalue weighted by atomic mass is 10.2. The van der Waals surface area contributed by atoms with Crippen LogP contribution in [0.15, 0.2) is 30.6 Å². The van der Waals surface area contributed by atoms with Crippen LogP contribution in [0.25, 0.3) is 0 Å². The van der Waals surface area contributed by atoms with E-state index in [0.29, 0.717) is 29.7 Å². The van der Waals surface area contributed by atoms with Crippen LogP contribution in [0.1, 0.15) is 5.56 Å². The Morgan fingerprint density at radius 1 is 0.950 bits per heavy atom. The van der Waals surface area contributed by atoms with Crippen LogP contribution >= 0.6 is 0 Å². The van der Waals surface area contributed by atoms with Gasteiger partial charge in [-0.25, -0.2) is 9.97 Å². The zero-order valence-corrected chi connectivity index (χ0v) is 11.7. The lowest BCUT2D eigenvalue weighted by Gasteiger charge is -2.14. The lowest BCUT2D eigenvalue weighted by Crippen LogP contribution is -2.04. The van der Waals surface area contributed by atoms with E-state index in [4.69, 9.17) is 14.2 Å². The number of ether oxygens (including phenoxy) is 3. The summed E-state index contributed by atoms with van der Waals surface area (Å²) in [6.07, 6.45) is 3.37. The number of anilines is 1. The van der Waals surface area contributed by atoms with Gasteiger partial charge >= 0.3 is 0 Å². The fraction of sp³-hybridized carbons (Fsp3) is 0.286. The second kappa shape index (κ2) is 6.60. The monoisotopic (exact) mass is 275 g/mol. The van der Waals surface area contributed by atoms with Crippen molar-refractivity contribution in [2.24, 2.45) is 0 Å². The van der Waals surface area contributed by atoms with Gasteiger partial charge in [0.15, 0.2) is 11.5 Å². The molecular formula is C14H17N3O3. The zero-order valence-electron chi connectivity index (χ0n) is 11.7. The smallest absolute Gasteiger partial charge is 0.222 e. The molecule has 0 unspecified atom stereocenters. The molecule has 0 spiro atoms. The van der Waals surface area contributed by atoms with E-state index in [-0.39, 0.29) is 0 Å². The largest absolute Gasteiger partial charge is 0.493 e. The Kier molecular flexibility index (Phi) is 4.60. The molecule has 0 atom stereocenters. The number of hydrogen-bond acceptors (Lipinski definition) is 6. The molecule has 1 heterocycles. The predicted molar refractivity (Wildman–Crippen MR) is 75.5 cm³/mol. The maximum atomic E-state index is 5.31. The van der Waals surface area contributed by atoms with Crippen LogP contribution in [-0.4, -0.2) is 31.3 Å². The molecule has 2 aromatic rings. The zero-order chi connectivity index (χ0) is 14.4. The van der Waals surface area contributed by atoms with E-state index in [0.717, 1.165) is 5.56 Å². The van der Waals surface area contributed by atoms with Crippen molar-refractivity contribution in [3.05, 3.63) is 36.2 Å². The van der Waals surface area contributed by atoms with Crippen molar-refractivity contribution < 1.29 is 14.2 Å². The molecule has 0 amide bonds. The van der Waals surface area contributed by atoms with Crippen LogP contribution in [0, 0.1) is 0 Å². The first-order chi connectivity index (χ1) is 9.78. The molecule has 1 N–H and O–H groups in total. The first kappa shape index (κ1) is 13.9.